The van der Waals surface area contributed by atoms with Crippen molar-refractivity contribution in [1.82, 2.24) is 4.90 Å². The minimum absolute atomic E-state index is 0.0801. The molecular formula is C23H24N2O4. The zero-order valence-corrected chi connectivity index (χ0v) is 16.8. The van der Waals surface area contributed by atoms with Crippen molar-refractivity contribution in [2.45, 2.75) is 6.92 Å². The Morgan fingerprint density at radius 3 is 2.28 bits per heavy atom. The van der Waals surface area contributed by atoms with Gasteiger partial charge in [-0.1, -0.05) is 24.3 Å². The van der Waals surface area contributed by atoms with Crippen LogP contribution in [-0.4, -0.2) is 44.0 Å². The Bertz CT molecular complexity index is 1020. The smallest absolute Gasteiger partial charge is 0.257 e. The average Bonchev–Trinajstić information content (AvgIpc) is 2.73. The quantitative estimate of drug-likeness (QED) is 0.661. The number of methoxy groups -OCH3 is 1. The molecule has 0 saturated carbocycles. The minimum Gasteiger partial charge on any atom is -0.497 e. The molecule has 0 aliphatic rings. The molecule has 0 saturated heterocycles. The van der Waals surface area contributed by atoms with Crippen molar-refractivity contribution in [1.29, 1.82) is 0 Å². The van der Waals surface area contributed by atoms with Crippen LogP contribution < -0.4 is 14.8 Å². The van der Waals surface area contributed by atoms with E-state index in [2.05, 4.69) is 5.32 Å². The number of ether oxygens (including phenoxy) is 2. The normalized spacial score (nSPS) is 10.4. The molecule has 0 aromatic heterocycles. The summed E-state index contributed by atoms with van der Waals surface area (Å²) in [7, 11) is 3.18. The third-order valence-corrected chi connectivity index (χ3v) is 4.48. The van der Waals surface area contributed by atoms with Gasteiger partial charge in [-0.05, 0) is 54.1 Å². The molecule has 29 heavy (non-hydrogen) atoms. The SMILES string of the molecule is CCOc1cc2ccccc2cc1C(=O)N(C)CC(=O)Nc1ccc(OC)cc1. The molecule has 0 fully saturated rings. The summed E-state index contributed by atoms with van der Waals surface area (Å²) in [5, 5.41) is 4.71. The number of amides is 2. The largest absolute Gasteiger partial charge is 0.497 e. The van der Waals surface area contributed by atoms with Crippen LogP contribution >= 0.6 is 0 Å². The number of carbonyl (C=O) groups is 2. The van der Waals surface area contributed by atoms with Gasteiger partial charge < -0.3 is 19.7 Å². The summed E-state index contributed by atoms with van der Waals surface area (Å²) in [6, 6.07) is 18.4. The van der Waals surface area contributed by atoms with Crippen molar-refractivity contribution in [2.24, 2.45) is 0 Å². The Kier molecular flexibility index (Phi) is 6.34. The van der Waals surface area contributed by atoms with E-state index in [9.17, 15) is 9.59 Å². The van der Waals surface area contributed by atoms with Crippen LogP contribution in [0.2, 0.25) is 0 Å². The molecule has 0 aliphatic carbocycles. The second kappa shape index (κ2) is 9.10. The van der Waals surface area contributed by atoms with Crippen LogP contribution in [0.4, 0.5) is 5.69 Å². The average molecular weight is 392 g/mol. The van der Waals surface area contributed by atoms with Crippen LogP contribution in [0.1, 0.15) is 17.3 Å². The maximum Gasteiger partial charge on any atom is 0.257 e. The third-order valence-electron chi connectivity index (χ3n) is 4.48. The molecule has 0 bridgehead atoms. The van der Waals surface area contributed by atoms with Crippen LogP contribution in [0.5, 0.6) is 11.5 Å². The van der Waals surface area contributed by atoms with E-state index in [4.69, 9.17) is 9.47 Å². The number of hydrogen-bond acceptors (Lipinski definition) is 4. The molecule has 6 nitrogen and oxygen atoms in total. The highest BCUT2D eigenvalue weighted by Crippen LogP contribution is 2.27. The zero-order valence-electron chi connectivity index (χ0n) is 16.8. The molecule has 3 rings (SSSR count). The van der Waals surface area contributed by atoms with Gasteiger partial charge in [0, 0.05) is 12.7 Å². The predicted octanol–water partition coefficient (Wildman–Crippen LogP) is 3.96. The number of nitrogens with zero attached hydrogens (tertiary/aromatic N) is 1. The number of likely N-dealkylation sites (N-methyl/N-ethyl adjacent to an activating group) is 1. The van der Waals surface area contributed by atoms with E-state index in [0.717, 1.165) is 10.8 Å². The lowest BCUT2D eigenvalue weighted by Gasteiger charge is -2.19. The van der Waals surface area contributed by atoms with Gasteiger partial charge in [0.1, 0.15) is 11.5 Å². The van der Waals surface area contributed by atoms with Gasteiger partial charge in [0.15, 0.2) is 0 Å². The molecule has 3 aromatic rings. The monoisotopic (exact) mass is 392 g/mol. The summed E-state index contributed by atoms with van der Waals surface area (Å²) in [6.07, 6.45) is 0. The highest BCUT2D eigenvalue weighted by Gasteiger charge is 2.20. The number of nitrogens with one attached hydrogen (secondary N) is 1. The van der Waals surface area contributed by atoms with E-state index in [-0.39, 0.29) is 18.4 Å². The van der Waals surface area contributed by atoms with Crippen molar-refractivity contribution in [3.8, 4) is 11.5 Å². The molecular weight excluding hydrogens is 368 g/mol. The first-order valence-electron chi connectivity index (χ1n) is 9.36. The summed E-state index contributed by atoms with van der Waals surface area (Å²) >= 11 is 0. The number of carbonyl (C=O) groups excluding carboxylic acids is 2. The lowest BCUT2D eigenvalue weighted by atomic mass is 10.0. The van der Waals surface area contributed by atoms with Gasteiger partial charge in [-0.25, -0.2) is 0 Å². The number of fused-ring (bicyclic) bond motifs is 1. The zero-order chi connectivity index (χ0) is 20.8. The first kappa shape index (κ1) is 20.2. The van der Waals surface area contributed by atoms with Crippen molar-refractivity contribution >= 4 is 28.3 Å². The van der Waals surface area contributed by atoms with Crippen LogP contribution in [-0.2, 0) is 4.79 Å². The molecule has 3 aromatic carbocycles. The van der Waals surface area contributed by atoms with Gasteiger partial charge in [-0.3, -0.25) is 9.59 Å². The minimum atomic E-state index is -0.287. The van der Waals surface area contributed by atoms with Gasteiger partial charge in [0.25, 0.3) is 5.91 Å². The standard InChI is InChI=1S/C23H24N2O4/c1-4-29-21-14-17-8-6-5-7-16(17)13-20(21)23(27)25(2)15-22(26)24-18-9-11-19(28-3)12-10-18/h5-14H,4,15H2,1-3H3,(H,24,26). The second-order valence-corrected chi connectivity index (χ2v) is 6.57. The predicted molar refractivity (Wildman–Crippen MR) is 114 cm³/mol. The number of benzene rings is 3. The molecule has 0 spiro atoms. The van der Waals surface area contributed by atoms with Crippen molar-refractivity contribution in [3.05, 3.63) is 66.2 Å². The molecule has 1 N–H and O–H groups in total. The second-order valence-electron chi connectivity index (χ2n) is 6.57. The van der Waals surface area contributed by atoms with Gasteiger partial charge in [-0.15, -0.1) is 0 Å². The Morgan fingerprint density at radius 2 is 1.66 bits per heavy atom. The van der Waals surface area contributed by atoms with E-state index in [0.29, 0.717) is 29.4 Å². The number of rotatable bonds is 7. The molecule has 0 atom stereocenters. The van der Waals surface area contributed by atoms with Gasteiger partial charge in [0.05, 0.1) is 25.8 Å². The third kappa shape index (κ3) is 4.85. The Morgan fingerprint density at radius 1 is 1.00 bits per heavy atom. The lowest BCUT2D eigenvalue weighted by Crippen LogP contribution is -2.35. The van der Waals surface area contributed by atoms with Crippen LogP contribution in [0.3, 0.4) is 0 Å². The summed E-state index contributed by atoms with van der Waals surface area (Å²) in [5.41, 5.74) is 1.07. The number of anilines is 1. The van der Waals surface area contributed by atoms with Crippen molar-refractivity contribution in [3.63, 3.8) is 0 Å². The Labute approximate surface area is 170 Å². The summed E-state index contributed by atoms with van der Waals surface area (Å²) in [5.74, 6) is 0.655. The molecule has 150 valence electrons. The summed E-state index contributed by atoms with van der Waals surface area (Å²) in [6.45, 7) is 2.24. The van der Waals surface area contributed by atoms with E-state index in [1.165, 1.54) is 4.90 Å². The Hall–Kier alpha value is -3.54. The fourth-order valence-corrected chi connectivity index (χ4v) is 3.03. The van der Waals surface area contributed by atoms with Crippen molar-refractivity contribution < 1.29 is 19.1 Å². The summed E-state index contributed by atoms with van der Waals surface area (Å²) < 4.78 is 10.8. The van der Waals surface area contributed by atoms with Gasteiger partial charge in [0.2, 0.25) is 5.91 Å². The maximum atomic E-state index is 13.0. The van der Waals surface area contributed by atoms with Gasteiger partial charge >= 0.3 is 0 Å². The fraction of sp³-hybridized carbons (Fsp3) is 0.217. The summed E-state index contributed by atoms with van der Waals surface area (Å²) in [4.78, 5) is 26.8. The van der Waals surface area contributed by atoms with E-state index in [1.54, 1.807) is 44.5 Å². The van der Waals surface area contributed by atoms with Crippen LogP contribution in [0.15, 0.2) is 60.7 Å². The number of hydrogen-bond donors (Lipinski definition) is 1. The molecule has 0 aliphatic heterocycles. The van der Waals surface area contributed by atoms with Gasteiger partial charge in [-0.2, -0.15) is 0 Å². The Balaban J connectivity index is 1.74. The highest BCUT2D eigenvalue weighted by atomic mass is 16.5. The molecule has 0 radical (unpaired) electrons. The van der Waals surface area contributed by atoms with Crippen LogP contribution in [0.25, 0.3) is 10.8 Å². The van der Waals surface area contributed by atoms with E-state index in [1.807, 2.05) is 37.3 Å². The van der Waals surface area contributed by atoms with Crippen molar-refractivity contribution in [2.75, 3.05) is 32.6 Å². The van der Waals surface area contributed by atoms with E-state index < -0.39 is 0 Å². The fourth-order valence-electron chi connectivity index (χ4n) is 3.03. The lowest BCUT2D eigenvalue weighted by molar-refractivity contribution is -0.116. The topological polar surface area (TPSA) is 67.9 Å². The molecule has 0 heterocycles. The highest BCUT2D eigenvalue weighted by molar-refractivity contribution is 6.03. The first-order chi connectivity index (χ1) is 14.0. The first-order valence-corrected chi connectivity index (χ1v) is 9.36. The molecule has 0 unspecified atom stereocenters. The van der Waals surface area contributed by atoms with E-state index >= 15 is 0 Å². The molecule has 2 amide bonds. The van der Waals surface area contributed by atoms with Crippen LogP contribution in [0, 0.1) is 0 Å². The molecule has 6 heteroatoms. The maximum absolute atomic E-state index is 13.0.